The molecule has 6 nitrogen and oxygen atoms in total. The molecular formula is C22H22O6. The van der Waals surface area contributed by atoms with E-state index in [2.05, 4.69) is 0 Å². The smallest absolute Gasteiger partial charge is 0.336 e. The zero-order valence-corrected chi connectivity index (χ0v) is 16.1. The summed E-state index contributed by atoms with van der Waals surface area (Å²) in [6.07, 6.45) is 0.921. The van der Waals surface area contributed by atoms with Gasteiger partial charge in [0.15, 0.2) is 11.5 Å². The van der Waals surface area contributed by atoms with E-state index < -0.39 is 11.6 Å². The molecule has 2 aromatic carbocycles. The molecule has 1 aromatic heterocycles. The fourth-order valence-electron chi connectivity index (χ4n) is 2.98. The van der Waals surface area contributed by atoms with Gasteiger partial charge in [-0.05, 0) is 35.7 Å². The van der Waals surface area contributed by atoms with Crippen molar-refractivity contribution in [3.05, 3.63) is 69.6 Å². The highest BCUT2D eigenvalue weighted by Crippen LogP contribution is 2.28. The molecule has 1 heterocycles. The van der Waals surface area contributed by atoms with E-state index in [4.69, 9.17) is 18.6 Å². The van der Waals surface area contributed by atoms with Crippen molar-refractivity contribution in [2.24, 2.45) is 0 Å². The Hall–Kier alpha value is -3.28. The topological polar surface area (TPSA) is 75.0 Å². The van der Waals surface area contributed by atoms with E-state index in [1.165, 1.54) is 13.2 Å². The minimum atomic E-state index is -0.466. The number of ether oxygens (including phenoxy) is 3. The Morgan fingerprint density at radius 3 is 2.43 bits per heavy atom. The summed E-state index contributed by atoms with van der Waals surface area (Å²) in [6, 6.07) is 12.3. The van der Waals surface area contributed by atoms with Crippen LogP contribution < -0.4 is 15.1 Å². The predicted octanol–water partition coefficient (Wildman–Crippen LogP) is 3.66. The fourth-order valence-corrected chi connectivity index (χ4v) is 2.98. The minimum Gasteiger partial charge on any atom is -0.493 e. The van der Waals surface area contributed by atoms with Gasteiger partial charge in [-0.2, -0.15) is 0 Å². The molecule has 3 aromatic rings. The van der Waals surface area contributed by atoms with Gasteiger partial charge in [-0.15, -0.1) is 0 Å². The predicted molar refractivity (Wildman–Crippen MR) is 105 cm³/mol. The van der Waals surface area contributed by atoms with Gasteiger partial charge in [-0.3, -0.25) is 4.79 Å². The first-order valence-electron chi connectivity index (χ1n) is 8.96. The highest BCUT2D eigenvalue weighted by atomic mass is 16.5. The molecule has 0 N–H and O–H groups in total. The van der Waals surface area contributed by atoms with Crippen LogP contribution in [-0.4, -0.2) is 20.2 Å². The van der Waals surface area contributed by atoms with Gasteiger partial charge in [0.1, 0.15) is 12.2 Å². The van der Waals surface area contributed by atoms with Crippen LogP contribution >= 0.6 is 0 Å². The van der Waals surface area contributed by atoms with E-state index in [1.807, 2.05) is 25.1 Å². The van der Waals surface area contributed by atoms with Crippen LogP contribution in [0.1, 0.15) is 23.6 Å². The number of benzene rings is 2. The highest BCUT2D eigenvalue weighted by Gasteiger charge is 2.12. The summed E-state index contributed by atoms with van der Waals surface area (Å²) in [5.74, 6) is 0.735. The third-order valence-corrected chi connectivity index (χ3v) is 4.49. The Bertz CT molecular complexity index is 1050. The van der Waals surface area contributed by atoms with Crippen LogP contribution in [0.3, 0.4) is 0 Å². The maximum Gasteiger partial charge on any atom is 0.336 e. The third kappa shape index (κ3) is 4.34. The van der Waals surface area contributed by atoms with Gasteiger partial charge in [0.05, 0.1) is 20.6 Å². The first-order valence-corrected chi connectivity index (χ1v) is 8.96. The van der Waals surface area contributed by atoms with Crippen LogP contribution in [0.5, 0.6) is 11.5 Å². The molecular weight excluding hydrogens is 360 g/mol. The van der Waals surface area contributed by atoms with E-state index in [0.717, 1.165) is 22.9 Å². The monoisotopic (exact) mass is 382 g/mol. The Morgan fingerprint density at radius 2 is 1.71 bits per heavy atom. The Balaban J connectivity index is 1.73. The lowest BCUT2D eigenvalue weighted by Gasteiger charge is -2.10. The summed E-state index contributed by atoms with van der Waals surface area (Å²) in [5.41, 5.74) is 2.46. The molecule has 0 aliphatic carbocycles. The number of rotatable bonds is 7. The number of hydrogen-bond acceptors (Lipinski definition) is 6. The zero-order valence-electron chi connectivity index (χ0n) is 16.1. The number of hydrogen-bond donors (Lipinski definition) is 0. The van der Waals surface area contributed by atoms with Crippen molar-refractivity contribution >= 4 is 16.9 Å². The van der Waals surface area contributed by atoms with Crippen molar-refractivity contribution in [3.8, 4) is 11.5 Å². The molecule has 0 saturated carbocycles. The SMILES string of the molecule is CCc1ccc2c(COC(=O)Cc3ccc(OC)c(OC)c3)cc(=O)oc2c1. The van der Waals surface area contributed by atoms with Crippen LogP contribution in [0.25, 0.3) is 11.0 Å². The summed E-state index contributed by atoms with van der Waals surface area (Å²) in [4.78, 5) is 24.1. The largest absolute Gasteiger partial charge is 0.493 e. The van der Waals surface area contributed by atoms with E-state index in [1.54, 1.807) is 25.3 Å². The van der Waals surface area contributed by atoms with Crippen LogP contribution in [0, 0.1) is 0 Å². The number of methoxy groups -OCH3 is 2. The molecule has 0 amide bonds. The average molecular weight is 382 g/mol. The van der Waals surface area contributed by atoms with Crippen molar-refractivity contribution in [2.75, 3.05) is 14.2 Å². The van der Waals surface area contributed by atoms with Gasteiger partial charge >= 0.3 is 11.6 Å². The molecule has 0 atom stereocenters. The molecule has 3 rings (SSSR count). The van der Waals surface area contributed by atoms with Crippen LogP contribution in [-0.2, 0) is 29.0 Å². The number of carbonyl (C=O) groups excluding carboxylic acids is 1. The second kappa shape index (κ2) is 8.61. The van der Waals surface area contributed by atoms with Gasteiger partial charge in [0, 0.05) is 17.0 Å². The summed E-state index contributed by atoms with van der Waals surface area (Å²) in [7, 11) is 3.09. The van der Waals surface area contributed by atoms with E-state index >= 15 is 0 Å². The normalized spacial score (nSPS) is 10.7. The summed E-state index contributed by atoms with van der Waals surface area (Å²) in [6.45, 7) is 2.03. The van der Waals surface area contributed by atoms with E-state index in [9.17, 15) is 9.59 Å². The fraction of sp³-hybridized carbons (Fsp3) is 0.273. The van der Waals surface area contributed by atoms with Crippen LogP contribution in [0.15, 0.2) is 51.7 Å². The molecule has 146 valence electrons. The van der Waals surface area contributed by atoms with Gasteiger partial charge in [0.2, 0.25) is 0 Å². The molecule has 0 unspecified atom stereocenters. The van der Waals surface area contributed by atoms with Gasteiger partial charge in [-0.25, -0.2) is 4.79 Å². The second-order valence-corrected chi connectivity index (χ2v) is 6.30. The lowest BCUT2D eigenvalue weighted by Crippen LogP contribution is -2.10. The maximum absolute atomic E-state index is 12.3. The van der Waals surface area contributed by atoms with Gasteiger partial charge in [0.25, 0.3) is 0 Å². The summed E-state index contributed by atoms with van der Waals surface area (Å²) < 4.78 is 21.1. The molecule has 6 heteroatoms. The number of carbonyl (C=O) groups is 1. The number of fused-ring (bicyclic) bond motifs is 1. The van der Waals surface area contributed by atoms with Crippen molar-refractivity contribution in [2.45, 2.75) is 26.4 Å². The van der Waals surface area contributed by atoms with Gasteiger partial charge in [-0.1, -0.05) is 25.1 Å². The minimum absolute atomic E-state index is 0.000303. The molecule has 28 heavy (non-hydrogen) atoms. The van der Waals surface area contributed by atoms with Gasteiger partial charge < -0.3 is 18.6 Å². The first kappa shape index (κ1) is 19.5. The highest BCUT2D eigenvalue weighted by molar-refractivity contribution is 5.81. The maximum atomic E-state index is 12.3. The molecule has 0 bridgehead atoms. The van der Waals surface area contributed by atoms with E-state index in [-0.39, 0.29) is 13.0 Å². The molecule has 0 aliphatic heterocycles. The molecule has 0 aliphatic rings. The average Bonchev–Trinajstić information content (AvgIpc) is 2.71. The van der Waals surface area contributed by atoms with Crippen LogP contribution in [0.2, 0.25) is 0 Å². The van der Waals surface area contributed by atoms with E-state index in [0.29, 0.717) is 22.6 Å². The second-order valence-electron chi connectivity index (χ2n) is 6.30. The molecule has 0 spiro atoms. The first-order chi connectivity index (χ1) is 13.5. The van der Waals surface area contributed by atoms with Crippen molar-refractivity contribution in [1.29, 1.82) is 0 Å². The Labute approximate surface area is 162 Å². The Morgan fingerprint density at radius 1 is 0.964 bits per heavy atom. The third-order valence-electron chi connectivity index (χ3n) is 4.49. The molecule has 0 radical (unpaired) electrons. The number of esters is 1. The van der Waals surface area contributed by atoms with Crippen molar-refractivity contribution in [3.63, 3.8) is 0 Å². The van der Waals surface area contributed by atoms with Crippen LogP contribution in [0.4, 0.5) is 0 Å². The molecule has 0 fully saturated rings. The van der Waals surface area contributed by atoms with Crippen molar-refractivity contribution in [1.82, 2.24) is 0 Å². The van der Waals surface area contributed by atoms with Crippen molar-refractivity contribution < 1.29 is 23.4 Å². The standard InChI is InChI=1S/C22H22O6/c1-4-14-5-7-17-16(12-22(24)28-19(17)9-14)13-27-21(23)11-15-6-8-18(25-2)20(10-15)26-3/h5-10,12H,4,11,13H2,1-3H3. The lowest BCUT2D eigenvalue weighted by atomic mass is 10.1. The lowest BCUT2D eigenvalue weighted by molar-refractivity contribution is -0.144. The summed E-state index contributed by atoms with van der Waals surface area (Å²) >= 11 is 0. The number of aryl methyl sites for hydroxylation is 1. The Kier molecular flexibility index (Phi) is 5.99. The molecule has 0 saturated heterocycles. The quantitative estimate of drug-likeness (QED) is 0.459. The zero-order chi connectivity index (χ0) is 20.1. The summed E-state index contributed by atoms with van der Waals surface area (Å²) in [5, 5.41) is 0.760.